The van der Waals surface area contributed by atoms with Gasteiger partial charge in [0.05, 0.1) is 12.7 Å². The van der Waals surface area contributed by atoms with Crippen molar-refractivity contribution in [1.29, 1.82) is 0 Å². The molecule has 2 heterocycles. The molecule has 5 nitrogen and oxygen atoms in total. The number of carbonyl (C=O) groups excluding carboxylic acids is 1. The van der Waals surface area contributed by atoms with E-state index in [0.717, 1.165) is 11.8 Å². The van der Waals surface area contributed by atoms with Crippen LogP contribution in [0.4, 0.5) is 0 Å². The molecule has 0 amide bonds. The van der Waals surface area contributed by atoms with E-state index in [0.29, 0.717) is 22.7 Å². The maximum absolute atomic E-state index is 11.4. The second-order valence-electron chi connectivity index (χ2n) is 3.98. The van der Waals surface area contributed by atoms with Gasteiger partial charge in [-0.15, -0.1) is 0 Å². The van der Waals surface area contributed by atoms with Gasteiger partial charge in [0.25, 0.3) is 0 Å². The van der Waals surface area contributed by atoms with Crippen molar-refractivity contribution < 1.29 is 9.53 Å². The average Bonchev–Trinajstić information content (AvgIpc) is 2.86. The Balaban J connectivity index is 2.35. The summed E-state index contributed by atoms with van der Waals surface area (Å²) < 4.78 is 6.80. The standard InChI is InChI=1S/C14H11N3O2/c1-19-14-13-11(9-18)12(10-5-3-2-4-6-10)16-17(13)8-7-15-14/h2-9H,1H3. The molecule has 2 aromatic heterocycles. The highest BCUT2D eigenvalue weighted by Crippen LogP contribution is 2.28. The first-order chi connectivity index (χ1) is 9.35. The molecule has 0 bridgehead atoms. The lowest BCUT2D eigenvalue weighted by molar-refractivity contribution is 0.112. The number of rotatable bonds is 3. The molecule has 0 aliphatic heterocycles. The third kappa shape index (κ3) is 1.76. The number of carbonyl (C=O) groups is 1. The number of ether oxygens (including phenoxy) is 1. The first-order valence-electron chi connectivity index (χ1n) is 5.77. The number of nitrogens with zero attached hydrogens (tertiary/aromatic N) is 3. The molecule has 19 heavy (non-hydrogen) atoms. The highest BCUT2D eigenvalue weighted by molar-refractivity contribution is 5.96. The monoisotopic (exact) mass is 253 g/mol. The summed E-state index contributed by atoms with van der Waals surface area (Å²) in [6.45, 7) is 0. The van der Waals surface area contributed by atoms with E-state index in [9.17, 15) is 4.79 Å². The summed E-state index contributed by atoms with van der Waals surface area (Å²) in [7, 11) is 1.52. The summed E-state index contributed by atoms with van der Waals surface area (Å²) in [5.41, 5.74) is 2.58. The molecule has 0 fully saturated rings. The van der Waals surface area contributed by atoms with Crippen molar-refractivity contribution in [1.82, 2.24) is 14.6 Å². The van der Waals surface area contributed by atoms with E-state index in [1.807, 2.05) is 30.3 Å². The molecule has 0 atom stereocenters. The van der Waals surface area contributed by atoms with Gasteiger partial charge in [-0.1, -0.05) is 30.3 Å². The summed E-state index contributed by atoms with van der Waals surface area (Å²) in [6, 6.07) is 9.55. The van der Waals surface area contributed by atoms with Gasteiger partial charge in [0.1, 0.15) is 11.2 Å². The van der Waals surface area contributed by atoms with Crippen molar-refractivity contribution in [2.45, 2.75) is 0 Å². The summed E-state index contributed by atoms with van der Waals surface area (Å²) in [4.78, 5) is 15.5. The summed E-state index contributed by atoms with van der Waals surface area (Å²) >= 11 is 0. The van der Waals surface area contributed by atoms with Gasteiger partial charge in [0.2, 0.25) is 5.88 Å². The van der Waals surface area contributed by atoms with Crippen LogP contribution < -0.4 is 4.74 Å². The lowest BCUT2D eigenvalue weighted by atomic mass is 10.1. The van der Waals surface area contributed by atoms with Crippen molar-refractivity contribution >= 4 is 11.8 Å². The van der Waals surface area contributed by atoms with Crippen molar-refractivity contribution in [3.8, 4) is 17.1 Å². The maximum Gasteiger partial charge on any atom is 0.240 e. The molecule has 0 spiro atoms. The second-order valence-corrected chi connectivity index (χ2v) is 3.98. The van der Waals surface area contributed by atoms with Gasteiger partial charge in [0.15, 0.2) is 6.29 Å². The zero-order valence-corrected chi connectivity index (χ0v) is 10.3. The molecule has 3 rings (SSSR count). The van der Waals surface area contributed by atoms with E-state index in [2.05, 4.69) is 10.1 Å². The molecular weight excluding hydrogens is 242 g/mol. The molecule has 3 aromatic rings. The molecule has 0 saturated carbocycles. The molecule has 0 saturated heterocycles. The first kappa shape index (κ1) is 11.4. The predicted molar refractivity (Wildman–Crippen MR) is 70.4 cm³/mol. The molecule has 0 N–H and O–H groups in total. The van der Waals surface area contributed by atoms with Crippen LogP contribution in [-0.4, -0.2) is 28.0 Å². The van der Waals surface area contributed by atoms with Crippen molar-refractivity contribution in [2.24, 2.45) is 0 Å². The number of fused-ring (bicyclic) bond motifs is 1. The van der Waals surface area contributed by atoms with E-state index in [4.69, 9.17) is 4.74 Å². The lowest BCUT2D eigenvalue weighted by Gasteiger charge is -2.00. The SMILES string of the molecule is COc1nccn2nc(-c3ccccc3)c(C=O)c12. The second kappa shape index (κ2) is 4.53. The Morgan fingerprint density at radius 3 is 2.74 bits per heavy atom. The number of hydrogen-bond acceptors (Lipinski definition) is 4. The first-order valence-corrected chi connectivity index (χ1v) is 5.77. The quantitative estimate of drug-likeness (QED) is 0.671. The Morgan fingerprint density at radius 2 is 2.05 bits per heavy atom. The normalized spacial score (nSPS) is 10.6. The van der Waals surface area contributed by atoms with Crippen LogP contribution in [0.3, 0.4) is 0 Å². The molecule has 0 radical (unpaired) electrons. The number of benzene rings is 1. The zero-order chi connectivity index (χ0) is 13.2. The van der Waals surface area contributed by atoms with Crippen molar-refractivity contribution in [3.63, 3.8) is 0 Å². The largest absolute Gasteiger partial charge is 0.479 e. The molecule has 5 heteroatoms. The van der Waals surface area contributed by atoms with Crippen LogP contribution in [0.2, 0.25) is 0 Å². The van der Waals surface area contributed by atoms with Crippen LogP contribution in [0, 0.1) is 0 Å². The zero-order valence-electron chi connectivity index (χ0n) is 10.3. The maximum atomic E-state index is 11.4. The third-order valence-electron chi connectivity index (χ3n) is 2.91. The Kier molecular flexibility index (Phi) is 2.72. The fraction of sp³-hybridized carbons (Fsp3) is 0.0714. The van der Waals surface area contributed by atoms with Crippen LogP contribution >= 0.6 is 0 Å². The van der Waals surface area contributed by atoms with Gasteiger partial charge in [0, 0.05) is 18.0 Å². The molecular formula is C14H11N3O2. The summed E-state index contributed by atoms with van der Waals surface area (Å²) in [6.07, 6.45) is 4.06. The number of methoxy groups -OCH3 is 1. The van der Waals surface area contributed by atoms with Gasteiger partial charge in [-0.3, -0.25) is 4.79 Å². The lowest BCUT2D eigenvalue weighted by Crippen LogP contribution is -1.94. The van der Waals surface area contributed by atoms with E-state index < -0.39 is 0 Å². The molecule has 0 unspecified atom stereocenters. The number of aromatic nitrogens is 3. The molecule has 0 aliphatic carbocycles. The smallest absolute Gasteiger partial charge is 0.240 e. The van der Waals surface area contributed by atoms with Crippen LogP contribution in [0.15, 0.2) is 42.7 Å². The van der Waals surface area contributed by atoms with Gasteiger partial charge in [-0.05, 0) is 0 Å². The summed E-state index contributed by atoms with van der Waals surface area (Å²) in [5, 5.41) is 4.43. The Morgan fingerprint density at radius 1 is 1.26 bits per heavy atom. The highest BCUT2D eigenvalue weighted by atomic mass is 16.5. The number of aldehydes is 1. The van der Waals surface area contributed by atoms with E-state index in [1.54, 1.807) is 16.9 Å². The molecule has 94 valence electrons. The summed E-state index contributed by atoms with van der Waals surface area (Å²) in [5.74, 6) is 0.388. The minimum absolute atomic E-state index is 0.388. The van der Waals surface area contributed by atoms with E-state index in [1.165, 1.54) is 7.11 Å². The predicted octanol–water partition coefficient (Wildman–Crippen LogP) is 2.22. The average molecular weight is 253 g/mol. The highest BCUT2D eigenvalue weighted by Gasteiger charge is 2.17. The van der Waals surface area contributed by atoms with Gasteiger partial charge in [-0.2, -0.15) is 5.10 Å². The Labute approximate surface area is 109 Å². The Hall–Kier alpha value is -2.69. The van der Waals surface area contributed by atoms with Crippen molar-refractivity contribution in [2.75, 3.05) is 7.11 Å². The minimum atomic E-state index is 0.388. The van der Waals surface area contributed by atoms with E-state index in [-0.39, 0.29) is 0 Å². The van der Waals surface area contributed by atoms with E-state index >= 15 is 0 Å². The fourth-order valence-electron chi connectivity index (χ4n) is 2.06. The van der Waals surface area contributed by atoms with Gasteiger partial charge in [-0.25, -0.2) is 9.50 Å². The van der Waals surface area contributed by atoms with Gasteiger partial charge >= 0.3 is 0 Å². The van der Waals surface area contributed by atoms with Crippen LogP contribution in [-0.2, 0) is 0 Å². The van der Waals surface area contributed by atoms with Gasteiger partial charge < -0.3 is 4.74 Å². The molecule has 1 aromatic carbocycles. The fourth-order valence-corrected chi connectivity index (χ4v) is 2.06. The van der Waals surface area contributed by atoms with Crippen molar-refractivity contribution in [3.05, 3.63) is 48.3 Å². The van der Waals surface area contributed by atoms with Crippen LogP contribution in [0.1, 0.15) is 10.4 Å². The molecule has 0 aliphatic rings. The Bertz CT molecular complexity index is 735. The van der Waals surface area contributed by atoms with Crippen LogP contribution in [0.5, 0.6) is 5.88 Å². The van der Waals surface area contributed by atoms with Crippen LogP contribution in [0.25, 0.3) is 16.8 Å². The topological polar surface area (TPSA) is 56.5 Å². The minimum Gasteiger partial charge on any atom is -0.479 e. The number of hydrogen-bond donors (Lipinski definition) is 0. The third-order valence-corrected chi connectivity index (χ3v) is 2.91.